The van der Waals surface area contributed by atoms with Crippen LogP contribution in [0.5, 0.6) is 0 Å². The summed E-state index contributed by atoms with van der Waals surface area (Å²) in [4.78, 5) is 72.8. The van der Waals surface area contributed by atoms with Crippen molar-refractivity contribution in [1.82, 2.24) is 0 Å². The SMILES string of the molecule is CCCCCC/C=C\C=C/CCCCCCCC(=O)O[C@H](COC(=O)CCCCCCCCCCCCCC(C)C)COP(=O)(O)OC[C@@H](O)COP(=O)(O)OC[C@@H](COC(=O)CCCCCCCCCCCC(C)C)OC(=O)CCCCCCCCCCCCCCCC. The van der Waals surface area contributed by atoms with E-state index in [0.717, 1.165) is 115 Å². The summed E-state index contributed by atoms with van der Waals surface area (Å²) in [6.07, 6.45) is 57.6. The van der Waals surface area contributed by atoms with E-state index in [2.05, 4.69) is 65.8 Å². The largest absolute Gasteiger partial charge is 0.472 e. The minimum Gasteiger partial charge on any atom is -0.462 e. The minimum absolute atomic E-state index is 0.0849. The molecule has 0 aromatic carbocycles. The number of carbonyl (C=O) groups is 4. The van der Waals surface area contributed by atoms with Crippen molar-refractivity contribution in [1.29, 1.82) is 0 Å². The Morgan fingerprint density at radius 2 is 0.568 bits per heavy atom. The van der Waals surface area contributed by atoms with Gasteiger partial charge in [0.2, 0.25) is 0 Å². The molecule has 95 heavy (non-hydrogen) atoms. The predicted molar refractivity (Wildman–Crippen MR) is 386 cm³/mol. The molecule has 0 aliphatic carbocycles. The van der Waals surface area contributed by atoms with E-state index in [1.165, 1.54) is 173 Å². The van der Waals surface area contributed by atoms with Gasteiger partial charge in [-0.1, -0.05) is 316 Å². The monoisotopic (exact) mass is 1390 g/mol. The number of carbonyl (C=O) groups excluding carboxylic acids is 4. The molecule has 0 aliphatic heterocycles. The number of rotatable bonds is 73. The van der Waals surface area contributed by atoms with Crippen LogP contribution in [-0.2, 0) is 65.4 Å². The van der Waals surface area contributed by atoms with E-state index >= 15 is 0 Å². The standard InChI is InChI=1S/C76H144O17P2/c1-7-9-11-13-15-17-19-21-23-25-29-36-43-49-55-61-76(81)92-71(64-86-73(78)58-52-46-40-34-30-26-27-32-38-44-50-56-68(3)4)66-90-94(82,83)88-62-70(77)63-89-95(84,85)91-67-72(65-87-74(79)59-53-47-41-37-31-33-39-45-51-57-69(5)6)93-75(80)60-54-48-42-35-28-24-22-20-18-16-14-12-10-8-2/h17,19,21,23,68-72,77H,7-16,18,20,22,24-67H2,1-6H3,(H,82,83)(H,84,85)/b19-17-,23-21-/t70-,71-,72-/m1/s1. The number of phosphoric ester groups is 2. The maximum Gasteiger partial charge on any atom is 0.472 e. The summed E-state index contributed by atoms with van der Waals surface area (Å²) in [5.41, 5.74) is 0. The number of unbranched alkanes of at least 4 members (excludes halogenated alkanes) is 40. The molecule has 5 atom stereocenters. The average molecular weight is 1390 g/mol. The molecule has 0 amide bonds. The summed E-state index contributed by atoms with van der Waals surface area (Å²) in [5.74, 6) is -0.634. The second-order valence-electron chi connectivity index (χ2n) is 27.7. The van der Waals surface area contributed by atoms with Gasteiger partial charge in [-0.25, -0.2) is 9.13 Å². The predicted octanol–water partition coefficient (Wildman–Crippen LogP) is 21.9. The summed E-state index contributed by atoms with van der Waals surface area (Å²) in [5, 5.41) is 10.6. The lowest BCUT2D eigenvalue weighted by atomic mass is 10.0. The van der Waals surface area contributed by atoms with Crippen molar-refractivity contribution in [3.63, 3.8) is 0 Å². The van der Waals surface area contributed by atoms with Crippen LogP contribution >= 0.6 is 15.6 Å². The van der Waals surface area contributed by atoms with Crippen LogP contribution in [0.1, 0.15) is 369 Å². The molecule has 17 nitrogen and oxygen atoms in total. The van der Waals surface area contributed by atoms with Crippen molar-refractivity contribution in [3.8, 4) is 0 Å². The number of aliphatic hydroxyl groups excluding tert-OH is 1. The molecule has 0 aliphatic rings. The lowest BCUT2D eigenvalue weighted by Gasteiger charge is -2.21. The first-order valence-electron chi connectivity index (χ1n) is 38.8. The summed E-state index contributed by atoms with van der Waals surface area (Å²) in [6, 6.07) is 0. The van der Waals surface area contributed by atoms with E-state index in [1.807, 2.05) is 0 Å². The second kappa shape index (κ2) is 67.4. The molecular formula is C76H144O17P2. The van der Waals surface area contributed by atoms with Crippen molar-refractivity contribution in [2.75, 3.05) is 39.6 Å². The van der Waals surface area contributed by atoms with Gasteiger partial charge in [-0.3, -0.25) is 37.3 Å². The molecule has 0 saturated carbocycles. The van der Waals surface area contributed by atoms with Crippen molar-refractivity contribution < 1.29 is 80.2 Å². The number of aliphatic hydroxyl groups is 1. The molecule has 19 heteroatoms. The van der Waals surface area contributed by atoms with Crippen LogP contribution in [0.2, 0.25) is 0 Å². The van der Waals surface area contributed by atoms with Gasteiger partial charge in [0.15, 0.2) is 12.2 Å². The number of esters is 4. The highest BCUT2D eigenvalue weighted by Gasteiger charge is 2.30. The van der Waals surface area contributed by atoms with Crippen molar-refractivity contribution in [2.24, 2.45) is 11.8 Å². The van der Waals surface area contributed by atoms with Crippen LogP contribution in [-0.4, -0.2) is 96.7 Å². The summed E-state index contributed by atoms with van der Waals surface area (Å²) in [6.45, 7) is 9.52. The zero-order chi connectivity index (χ0) is 70.0. The van der Waals surface area contributed by atoms with E-state index in [1.54, 1.807) is 0 Å². The van der Waals surface area contributed by atoms with E-state index < -0.39 is 97.5 Å². The van der Waals surface area contributed by atoms with Gasteiger partial charge in [0.1, 0.15) is 19.3 Å². The maximum atomic E-state index is 13.1. The van der Waals surface area contributed by atoms with Crippen LogP contribution < -0.4 is 0 Å². The number of allylic oxidation sites excluding steroid dienone is 4. The maximum absolute atomic E-state index is 13.1. The summed E-state index contributed by atoms with van der Waals surface area (Å²) < 4.78 is 68.5. The Balaban J connectivity index is 5.31. The third-order valence-corrected chi connectivity index (χ3v) is 19.0. The number of hydrogen-bond acceptors (Lipinski definition) is 15. The highest BCUT2D eigenvalue weighted by molar-refractivity contribution is 7.47. The molecule has 0 aromatic rings. The number of hydrogen-bond donors (Lipinski definition) is 3. The fourth-order valence-corrected chi connectivity index (χ4v) is 12.7. The number of phosphoric acid groups is 2. The van der Waals surface area contributed by atoms with Crippen molar-refractivity contribution in [2.45, 2.75) is 387 Å². The third-order valence-electron chi connectivity index (χ3n) is 17.1. The van der Waals surface area contributed by atoms with Crippen LogP contribution in [0.25, 0.3) is 0 Å². The molecule has 0 saturated heterocycles. The Morgan fingerprint density at radius 3 is 0.863 bits per heavy atom. The van der Waals surface area contributed by atoms with Crippen molar-refractivity contribution >= 4 is 39.5 Å². The molecule has 0 spiro atoms. The van der Waals surface area contributed by atoms with Gasteiger partial charge in [0, 0.05) is 25.7 Å². The fourth-order valence-electron chi connectivity index (χ4n) is 11.1. The zero-order valence-corrected chi connectivity index (χ0v) is 63.2. The highest BCUT2D eigenvalue weighted by atomic mass is 31.2. The quantitative estimate of drug-likeness (QED) is 0.0169. The molecule has 3 N–H and O–H groups in total. The zero-order valence-electron chi connectivity index (χ0n) is 61.5. The first kappa shape index (κ1) is 92.5. The second-order valence-corrected chi connectivity index (χ2v) is 30.6. The first-order valence-corrected chi connectivity index (χ1v) is 41.8. The van der Waals surface area contributed by atoms with Gasteiger partial charge in [0.05, 0.1) is 26.4 Å². The van der Waals surface area contributed by atoms with Crippen LogP contribution in [0.4, 0.5) is 0 Å². The molecular weight excluding hydrogens is 1250 g/mol. The Bertz CT molecular complexity index is 1930. The Labute approximate surface area is 580 Å². The van der Waals surface area contributed by atoms with Gasteiger partial charge < -0.3 is 33.8 Å². The molecule has 560 valence electrons. The molecule has 0 heterocycles. The fraction of sp³-hybridized carbons (Fsp3) is 0.895. The van der Waals surface area contributed by atoms with Crippen molar-refractivity contribution in [3.05, 3.63) is 24.3 Å². The van der Waals surface area contributed by atoms with Gasteiger partial charge in [0.25, 0.3) is 0 Å². The molecule has 2 unspecified atom stereocenters. The minimum atomic E-state index is -4.97. The van der Waals surface area contributed by atoms with Crippen LogP contribution in [0, 0.1) is 11.8 Å². The van der Waals surface area contributed by atoms with E-state index in [-0.39, 0.29) is 25.7 Å². The first-order chi connectivity index (χ1) is 45.9. The third kappa shape index (κ3) is 69.8. The van der Waals surface area contributed by atoms with E-state index in [0.29, 0.717) is 25.7 Å². The summed E-state index contributed by atoms with van der Waals surface area (Å²) >= 11 is 0. The van der Waals surface area contributed by atoms with Gasteiger partial charge in [-0.05, 0) is 63.2 Å². The normalized spacial score (nSPS) is 14.2. The van der Waals surface area contributed by atoms with Gasteiger partial charge >= 0.3 is 39.5 Å². The molecule has 0 aromatic heterocycles. The smallest absolute Gasteiger partial charge is 0.462 e. The van der Waals surface area contributed by atoms with Crippen LogP contribution in [0.15, 0.2) is 24.3 Å². The Morgan fingerprint density at radius 1 is 0.326 bits per heavy atom. The summed E-state index contributed by atoms with van der Waals surface area (Å²) in [7, 11) is -9.92. The lowest BCUT2D eigenvalue weighted by molar-refractivity contribution is -0.161. The Kier molecular flexibility index (Phi) is 65.6. The average Bonchev–Trinajstić information content (AvgIpc) is 3.75. The molecule has 0 rings (SSSR count). The van der Waals surface area contributed by atoms with Gasteiger partial charge in [-0.2, -0.15) is 0 Å². The molecule has 0 bridgehead atoms. The highest BCUT2D eigenvalue weighted by Crippen LogP contribution is 2.45. The Hall–Kier alpha value is -2.46. The van der Waals surface area contributed by atoms with Crippen LogP contribution in [0.3, 0.4) is 0 Å². The number of ether oxygens (including phenoxy) is 4. The topological polar surface area (TPSA) is 237 Å². The molecule has 0 fully saturated rings. The van der Waals surface area contributed by atoms with E-state index in [4.69, 9.17) is 37.0 Å². The molecule has 0 radical (unpaired) electrons. The lowest BCUT2D eigenvalue weighted by Crippen LogP contribution is -2.30. The van der Waals surface area contributed by atoms with Gasteiger partial charge in [-0.15, -0.1) is 0 Å². The van der Waals surface area contributed by atoms with E-state index in [9.17, 15) is 43.2 Å².